The van der Waals surface area contributed by atoms with Crippen LogP contribution in [0.2, 0.25) is 0 Å². The minimum Gasteiger partial charge on any atom is -0.465 e. The highest BCUT2D eigenvalue weighted by Crippen LogP contribution is 2.10. The van der Waals surface area contributed by atoms with E-state index in [1.165, 1.54) is 7.11 Å². The van der Waals surface area contributed by atoms with Gasteiger partial charge in [0.25, 0.3) is 0 Å². The van der Waals surface area contributed by atoms with E-state index in [9.17, 15) is 9.59 Å². The molecule has 1 atom stereocenters. The van der Waals surface area contributed by atoms with E-state index < -0.39 is 12.0 Å². The fourth-order valence-corrected chi connectivity index (χ4v) is 1.23. The third-order valence-corrected chi connectivity index (χ3v) is 2.35. The van der Waals surface area contributed by atoms with Crippen molar-refractivity contribution in [2.24, 2.45) is 5.73 Å². The molecule has 0 aliphatic heterocycles. The lowest BCUT2D eigenvalue weighted by atomic mass is 10.2. The minimum atomic E-state index is -0.518. The number of carbonyl (C=O) groups is 2. The van der Waals surface area contributed by atoms with Crippen molar-refractivity contribution in [3.05, 3.63) is 29.8 Å². The monoisotopic (exact) mass is 236 g/mol. The fourth-order valence-electron chi connectivity index (χ4n) is 1.23. The average molecular weight is 236 g/mol. The molecule has 5 nitrogen and oxygen atoms in total. The number of methoxy groups -OCH3 is 1. The first-order chi connectivity index (χ1) is 8.08. The number of ether oxygens (including phenoxy) is 1. The van der Waals surface area contributed by atoms with Crippen LogP contribution in [0.25, 0.3) is 0 Å². The maximum atomic E-state index is 11.5. The summed E-state index contributed by atoms with van der Waals surface area (Å²) in [5.74, 6) is -0.647. The van der Waals surface area contributed by atoms with Gasteiger partial charge in [-0.3, -0.25) is 4.79 Å². The van der Waals surface area contributed by atoms with E-state index in [-0.39, 0.29) is 5.91 Å². The summed E-state index contributed by atoms with van der Waals surface area (Å²) in [6.45, 7) is 1.84. The molecule has 0 heterocycles. The summed E-state index contributed by atoms with van der Waals surface area (Å²) in [5, 5.41) is 2.66. The molecular weight excluding hydrogens is 220 g/mol. The Morgan fingerprint density at radius 1 is 1.35 bits per heavy atom. The molecule has 0 aliphatic rings. The molecule has 0 saturated heterocycles. The largest absolute Gasteiger partial charge is 0.465 e. The lowest BCUT2D eigenvalue weighted by Crippen LogP contribution is -2.34. The van der Waals surface area contributed by atoms with E-state index in [2.05, 4.69) is 10.1 Å². The first-order valence-corrected chi connectivity index (χ1v) is 5.33. The Kier molecular flexibility index (Phi) is 4.66. The summed E-state index contributed by atoms with van der Waals surface area (Å²) in [4.78, 5) is 22.7. The van der Waals surface area contributed by atoms with Crippen LogP contribution >= 0.6 is 0 Å². The predicted octanol–water partition coefficient (Wildman–Crippen LogP) is 1.15. The Balaban J connectivity index is 2.69. The van der Waals surface area contributed by atoms with Gasteiger partial charge in [-0.15, -0.1) is 0 Å². The van der Waals surface area contributed by atoms with Gasteiger partial charge in [-0.25, -0.2) is 4.79 Å². The molecule has 1 aromatic carbocycles. The van der Waals surface area contributed by atoms with Crippen LogP contribution in [0.4, 0.5) is 5.69 Å². The third kappa shape index (κ3) is 3.57. The molecule has 17 heavy (non-hydrogen) atoms. The maximum absolute atomic E-state index is 11.5. The number of anilines is 1. The summed E-state index contributed by atoms with van der Waals surface area (Å²) in [6, 6.07) is 5.91. The smallest absolute Gasteiger partial charge is 0.337 e. The van der Waals surface area contributed by atoms with E-state index >= 15 is 0 Å². The number of hydrogen-bond donors (Lipinski definition) is 2. The molecule has 1 aromatic rings. The molecule has 1 unspecified atom stereocenters. The second-order valence-corrected chi connectivity index (χ2v) is 3.57. The molecule has 1 rings (SSSR count). The van der Waals surface area contributed by atoms with Gasteiger partial charge < -0.3 is 15.8 Å². The van der Waals surface area contributed by atoms with Gasteiger partial charge in [0.1, 0.15) is 0 Å². The Morgan fingerprint density at radius 3 is 2.41 bits per heavy atom. The summed E-state index contributed by atoms with van der Waals surface area (Å²) in [5.41, 5.74) is 6.62. The number of rotatable bonds is 4. The van der Waals surface area contributed by atoms with Crippen molar-refractivity contribution in [3.63, 3.8) is 0 Å². The summed E-state index contributed by atoms with van der Waals surface area (Å²) in [6.07, 6.45) is 0.575. The van der Waals surface area contributed by atoms with E-state index in [1.54, 1.807) is 24.3 Å². The number of esters is 1. The van der Waals surface area contributed by atoms with Crippen LogP contribution in [-0.4, -0.2) is 25.0 Å². The van der Waals surface area contributed by atoms with Crippen LogP contribution in [0, 0.1) is 0 Å². The fraction of sp³-hybridized carbons (Fsp3) is 0.333. The van der Waals surface area contributed by atoms with Crippen molar-refractivity contribution in [1.29, 1.82) is 0 Å². The minimum absolute atomic E-state index is 0.238. The van der Waals surface area contributed by atoms with Crippen molar-refractivity contribution in [3.8, 4) is 0 Å². The van der Waals surface area contributed by atoms with Gasteiger partial charge in [0.2, 0.25) is 5.91 Å². The molecule has 0 saturated carbocycles. The van der Waals surface area contributed by atoms with Crippen LogP contribution in [0.15, 0.2) is 24.3 Å². The van der Waals surface area contributed by atoms with Crippen LogP contribution in [0.3, 0.4) is 0 Å². The zero-order valence-corrected chi connectivity index (χ0v) is 9.90. The van der Waals surface area contributed by atoms with Crippen molar-refractivity contribution < 1.29 is 14.3 Å². The van der Waals surface area contributed by atoms with Gasteiger partial charge in [-0.2, -0.15) is 0 Å². The van der Waals surface area contributed by atoms with Crippen LogP contribution in [-0.2, 0) is 9.53 Å². The average Bonchev–Trinajstić information content (AvgIpc) is 2.37. The molecule has 0 aromatic heterocycles. The number of carbonyl (C=O) groups excluding carboxylic acids is 2. The van der Waals surface area contributed by atoms with Gasteiger partial charge in [0, 0.05) is 5.69 Å². The van der Waals surface area contributed by atoms with E-state index in [4.69, 9.17) is 5.73 Å². The predicted molar refractivity (Wildman–Crippen MR) is 64.7 cm³/mol. The highest BCUT2D eigenvalue weighted by Gasteiger charge is 2.11. The SMILES string of the molecule is CCC(N)C(=O)Nc1ccc(C(=O)OC)cc1. The maximum Gasteiger partial charge on any atom is 0.337 e. The molecule has 1 amide bonds. The van der Waals surface area contributed by atoms with Gasteiger partial charge >= 0.3 is 5.97 Å². The first kappa shape index (κ1) is 13.2. The lowest BCUT2D eigenvalue weighted by Gasteiger charge is -2.10. The summed E-state index contributed by atoms with van der Waals surface area (Å²) >= 11 is 0. The number of hydrogen-bond acceptors (Lipinski definition) is 4. The van der Waals surface area contributed by atoms with Crippen molar-refractivity contribution in [2.45, 2.75) is 19.4 Å². The molecule has 0 aliphatic carbocycles. The molecular formula is C12H16N2O3. The standard InChI is InChI=1S/C12H16N2O3/c1-3-10(13)11(15)14-9-6-4-8(5-7-9)12(16)17-2/h4-7,10H,3,13H2,1-2H3,(H,14,15). The third-order valence-electron chi connectivity index (χ3n) is 2.35. The quantitative estimate of drug-likeness (QED) is 0.768. The number of amides is 1. The van der Waals surface area contributed by atoms with Crippen molar-refractivity contribution in [1.82, 2.24) is 0 Å². The zero-order valence-electron chi connectivity index (χ0n) is 9.90. The normalized spacial score (nSPS) is 11.7. The summed E-state index contributed by atoms with van der Waals surface area (Å²) < 4.78 is 4.57. The van der Waals surface area contributed by atoms with Gasteiger partial charge in [-0.1, -0.05) is 6.92 Å². The summed E-state index contributed by atoms with van der Waals surface area (Å²) in [7, 11) is 1.32. The molecule has 5 heteroatoms. The second-order valence-electron chi connectivity index (χ2n) is 3.57. The van der Waals surface area contributed by atoms with Gasteiger partial charge in [-0.05, 0) is 30.7 Å². The number of nitrogens with one attached hydrogen (secondary N) is 1. The molecule has 3 N–H and O–H groups in total. The zero-order chi connectivity index (χ0) is 12.8. The number of benzene rings is 1. The highest BCUT2D eigenvalue weighted by atomic mass is 16.5. The molecule has 92 valence electrons. The topological polar surface area (TPSA) is 81.4 Å². The highest BCUT2D eigenvalue weighted by molar-refractivity contribution is 5.95. The van der Waals surface area contributed by atoms with E-state index in [0.717, 1.165) is 0 Å². The van der Waals surface area contributed by atoms with Crippen LogP contribution < -0.4 is 11.1 Å². The first-order valence-electron chi connectivity index (χ1n) is 5.33. The van der Waals surface area contributed by atoms with E-state index in [0.29, 0.717) is 17.7 Å². The molecule has 0 bridgehead atoms. The molecule has 0 spiro atoms. The Morgan fingerprint density at radius 2 is 1.94 bits per heavy atom. The Labute approximate surface area is 99.9 Å². The molecule has 0 fully saturated rings. The lowest BCUT2D eigenvalue weighted by molar-refractivity contribution is -0.117. The number of nitrogens with two attached hydrogens (primary N) is 1. The van der Waals surface area contributed by atoms with E-state index in [1.807, 2.05) is 6.92 Å². The van der Waals surface area contributed by atoms with Gasteiger partial charge in [0.05, 0.1) is 18.7 Å². The van der Waals surface area contributed by atoms with Crippen molar-refractivity contribution in [2.75, 3.05) is 12.4 Å². The Hall–Kier alpha value is -1.88. The van der Waals surface area contributed by atoms with Gasteiger partial charge in [0.15, 0.2) is 0 Å². The van der Waals surface area contributed by atoms with Crippen molar-refractivity contribution >= 4 is 17.6 Å². The second kappa shape index (κ2) is 6.00. The molecule has 0 radical (unpaired) electrons. The van der Waals surface area contributed by atoms with Crippen LogP contribution in [0.5, 0.6) is 0 Å². The van der Waals surface area contributed by atoms with Crippen LogP contribution in [0.1, 0.15) is 23.7 Å². The Bertz CT molecular complexity index is 401.